The predicted molar refractivity (Wildman–Crippen MR) is 76.4 cm³/mol. The minimum absolute atomic E-state index is 0.0198. The Bertz CT molecular complexity index is 348. The number of likely N-dealkylation sites (N-methyl/N-ethyl adjacent to an activating group) is 1. The van der Waals surface area contributed by atoms with Gasteiger partial charge in [0.25, 0.3) is 0 Å². The predicted octanol–water partition coefficient (Wildman–Crippen LogP) is 1.40. The van der Waals surface area contributed by atoms with Crippen molar-refractivity contribution in [3.63, 3.8) is 0 Å². The summed E-state index contributed by atoms with van der Waals surface area (Å²) in [6.07, 6.45) is 5.02. The molecule has 18 heavy (non-hydrogen) atoms. The second-order valence-electron chi connectivity index (χ2n) is 5.60. The van der Waals surface area contributed by atoms with E-state index in [4.69, 9.17) is 5.73 Å². The third-order valence-electron chi connectivity index (χ3n) is 4.32. The molecule has 1 aliphatic rings. The lowest BCUT2D eigenvalue weighted by Gasteiger charge is -2.44. The Labute approximate surface area is 112 Å². The molecule has 0 aromatic rings. The van der Waals surface area contributed by atoms with E-state index in [-0.39, 0.29) is 11.6 Å². The fourth-order valence-electron chi connectivity index (χ4n) is 3.22. The van der Waals surface area contributed by atoms with Crippen molar-refractivity contribution in [2.45, 2.75) is 57.5 Å². The van der Waals surface area contributed by atoms with Crippen LogP contribution in [0, 0.1) is 0 Å². The zero-order valence-electron chi connectivity index (χ0n) is 12.0. The van der Waals surface area contributed by atoms with Crippen LogP contribution in [0.15, 0.2) is 0 Å². The van der Waals surface area contributed by atoms with Crippen molar-refractivity contribution in [3.8, 4) is 0 Å². The van der Waals surface area contributed by atoms with Gasteiger partial charge in [-0.1, -0.05) is 26.7 Å². The fourth-order valence-corrected chi connectivity index (χ4v) is 5.00. The summed E-state index contributed by atoms with van der Waals surface area (Å²) in [5, 5.41) is 0. The van der Waals surface area contributed by atoms with Gasteiger partial charge in [0.05, 0.1) is 11.5 Å². The average molecular weight is 276 g/mol. The minimum Gasteiger partial charge on any atom is -0.329 e. The molecular weight excluding hydrogens is 248 g/mol. The molecule has 1 unspecified atom stereocenters. The Balaban J connectivity index is 2.85. The first-order valence-corrected chi connectivity index (χ1v) is 8.86. The van der Waals surface area contributed by atoms with Crippen LogP contribution in [-0.2, 0) is 9.84 Å². The number of nitrogens with zero attached hydrogens (tertiary/aromatic N) is 1. The van der Waals surface area contributed by atoms with Crippen LogP contribution < -0.4 is 5.73 Å². The van der Waals surface area contributed by atoms with E-state index in [1.807, 2.05) is 0 Å². The number of rotatable bonds is 7. The van der Waals surface area contributed by atoms with E-state index in [0.717, 1.165) is 32.1 Å². The van der Waals surface area contributed by atoms with Crippen LogP contribution in [0.2, 0.25) is 0 Å². The molecule has 1 aliphatic heterocycles. The summed E-state index contributed by atoms with van der Waals surface area (Å²) >= 11 is 0. The van der Waals surface area contributed by atoms with Gasteiger partial charge in [-0.3, -0.25) is 4.90 Å². The first-order valence-electron chi connectivity index (χ1n) is 7.04. The van der Waals surface area contributed by atoms with Crippen LogP contribution in [0.4, 0.5) is 0 Å². The van der Waals surface area contributed by atoms with Gasteiger partial charge in [0.1, 0.15) is 0 Å². The third kappa shape index (κ3) is 3.45. The van der Waals surface area contributed by atoms with Crippen LogP contribution in [0.3, 0.4) is 0 Å². The van der Waals surface area contributed by atoms with Crippen LogP contribution in [0.25, 0.3) is 0 Å². The summed E-state index contributed by atoms with van der Waals surface area (Å²) in [5.41, 5.74) is 6.01. The Kier molecular flexibility index (Phi) is 5.62. The Hall–Kier alpha value is -0.130. The largest absolute Gasteiger partial charge is 0.329 e. The molecule has 1 saturated heterocycles. The summed E-state index contributed by atoms with van der Waals surface area (Å²) in [5.74, 6) is 0.638. The molecule has 4 nitrogen and oxygen atoms in total. The van der Waals surface area contributed by atoms with E-state index in [1.165, 1.54) is 0 Å². The van der Waals surface area contributed by atoms with Gasteiger partial charge in [-0.15, -0.1) is 0 Å². The Morgan fingerprint density at radius 2 is 1.83 bits per heavy atom. The van der Waals surface area contributed by atoms with Crippen LogP contribution >= 0.6 is 0 Å². The monoisotopic (exact) mass is 276 g/mol. The Morgan fingerprint density at radius 1 is 1.28 bits per heavy atom. The minimum atomic E-state index is -2.82. The van der Waals surface area contributed by atoms with Crippen molar-refractivity contribution in [3.05, 3.63) is 0 Å². The molecule has 108 valence electrons. The van der Waals surface area contributed by atoms with Crippen molar-refractivity contribution in [1.82, 2.24) is 4.90 Å². The van der Waals surface area contributed by atoms with Crippen molar-refractivity contribution in [2.24, 2.45) is 5.73 Å². The molecule has 0 aliphatic carbocycles. The van der Waals surface area contributed by atoms with E-state index >= 15 is 0 Å². The number of nitrogens with two attached hydrogens (primary N) is 1. The van der Waals surface area contributed by atoms with E-state index < -0.39 is 9.84 Å². The van der Waals surface area contributed by atoms with E-state index in [0.29, 0.717) is 18.1 Å². The smallest absolute Gasteiger partial charge is 0.151 e. The summed E-state index contributed by atoms with van der Waals surface area (Å²) in [6, 6.07) is 0.150. The van der Waals surface area contributed by atoms with Crippen LogP contribution in [0.1, 0.15) is 46.0 Å². The maximum atomic E-state index is 11.6. The second kappa shape index (κ2) is 6.35. The molecule has 1 heterocycles. The zero-order chi connectivity index (χ0) is 13.8. The molecule has 5 heteroatoms. The highest BCUT2D eigenvalue weighted by molar-refractivity contribution is 7.91. The SMILES string of the molecule is CCCC(CN)(CCC)N(C)C1CCS(=O)(=O)C1. The molecule has 0 amide bonds. The third-order valence-corrected chi connectivity index (χ3v) is 6.07. The lowest BCUT2D eigenvalue weighted by Crippen LogP contribution is -2.56. The molecule has 0 aromatic heterocycles. The van der Waals surface area contributed by atoms with E-state index in [1.54, 1.807) is 0 Å². The fraction of sp³-hybridized carbons (Fsp3) is 1.00. The first-order chi connectivity index (χ1) is 8.40. The summed E-state index contributed by atoms with van der Waals surface area (Å²) in [6.45, 7) is 4.94. The van der Waals surface area contributed by atoms with Crippen LogP contribution in [-0.4, -0.2) is 50.0 Å². The average Bonchev–Trinajstić information content (AvgIpc) is 2.68. The van der Waals surface area contributed by atoms with E-state index in [9.17, 15) is 8.42 Å². The summed E-state index contributed by atoms with van der Waals surface area (Å²) in [4.78, 5) is 2.27. The first kappa shape index (κ1) is 15.9. The second-order valence-corrected chi connectivity index (χ2v) is 7.82. The lowest BCUT2D eigenvalue weighted by molar-refractivity contribution is 0.0687. The molecule has 0 saturated carbocycles. The van der Waals surface area contributed by atoms with Gasteiger partial charge in [-0.25, -0.2) is 8.42 Å². The summed E-state index contributed by atoms with van der Waals surface area (Å²) < 4.78 is 23.2. The molecule has 1 rings (SSSR count). The van der Waals surface area contributed by atoms with Gasteiger partial charge >= 0.3 is 0 Å². The highest BCUT2D eigenvalue weighted by atomic mass is 32.2. The molecule has 0 radical (unpaired) electrons. The maximum Gasteiger partial charge on any atom is 0.151 e. The maximum absolute atomic E-state index is 11.6. The quantitative estimate of drug-likeness (QED) is 0.763. The Morgan fingerprint density at radius 3 is 2.17 bits per heavy atom. The van der Waals surface area contributed by atoms with E-state index in [2.05, 4.69) is 25.8 Å². The molecular formula is C13H28N2O2S. The molecule has 2 N–H and O–H groups in total. The molecule has 1 atom stereocenters. The van der Waals surface area contributed by atoms with Gasteiger partial charge < -0.3 is 5.73 Å². The van der Waals surface area contributed by atoms with Gasteiger partial charge in [-0.2, -0.15) is 0 Å². The number of hydrogen-bond acceptors (Lipinski definition) is 4. The molecule has 0 spiro atoms. The van der Waals surface area contributed by atoms with Crippen molar-refractivity contribution in [1.29, 1.82) is 0 Å². The topological polar surface area (TPSA) is 63.4 Å². The van der Waals surface area contributed by atoms with Gasteiger partial charge in [0, 0.05) is 18.1 Å². The van der Waals surface area contributed by atoms with Crippen molar-refractivity contribution >= 4 is 9.84 Å². The molecule has 1 fully saturated rings. The summed E-state index contributed by atoms with van der Waals surface area (Å²) in [7, 11) is -0.762. The van der Waals surface area contributed by atoms with Crippen molar-refractivity contribution in [2.75, 3.05) is 25.1 Å². The molecule has 0 aromatic carbocycles. The van der Waals surface area contributed by atoms with Gasteiger partial charge in [0.15, 0.2) is 9.84 Å². The van der Waals surface area contributed by atoms with Gasteiger partial charge in [-0.05, 0) is 26.3 Å². The van der Waals surface area contributed by atoms with Crippen LogP contribution in [0.5, 0.6) is 0 Å². The van der Waals surface area contributed by atoms with Gasteiger partial charge in [0.2, 0.25) is 0 Å². The standard InChI is InChI=1S/C13H28N2O2S/c1-4-7-13(11-14,8-5-2)15(3)12-6-9-18(16,17)10-12/h12H,4-11,14H2,1-3H3. The lowest BCUT2D eigenvalue weighted by atomic mass is 9.85. The highest BCUT2D eigenvalue weighted by Gasteiger charge is 2.40. The zero-order valence-corrected chi connectivity index (χ0v) is 12.8. The van der Waals surface area contributed by atoms with Crippen molar-refractivity contribution < 1.29 is 8.42 Å². The molecule has 0 bridgehead atoms. The number of hydrogen-bond donors (Lipinski definition) is 1. The normalized spacial score (nSPS) is 23.7. The highest BCUT2D eigenvalue weighted by Crippen LogP contribution is 2.30. The number of sulfone groups is 1.